The first-order valence-electron chi connectivity index (χ1n) is 7.29. The van der Waals surface area contributed by atoms with Gasteiger partial charge < -0.3 is 19.8 Å². The first-order chi connectivity index (χ1) is 11.0. The molecule has 0 spiro atoms. The molecule has 0 atom stereocenters. The van der Waals surface area contributed by atoms with Crippen LogP contribution in [0.2, 0.25) is 0 Å². The number of benzene rings is 1. The molecule has 122 valence electrons. The van der Waals surface area contributed by atoms with Crippen molar-refractivity contribution in [2.24, 2.45) is 0 Å². The fourth-order valence-electron chi connectivity index (χ4n) is 2.39. The van der Waals surface area contributed by atoms with Crippen LogP contribution in [0.25, 0.3) is 0 Å². The molecule has 1 aromatic carbocycles. The van der Waals surface area contributed by atoms with Crippen LogP contribution >= 0.6 is 0 Å². The molecule has 6 nitrogen and oxygen atoms in total. The number of anilines is 1. The summed E-state index contributed by atoms with van der Waals surface area (Å²) in [4.78, 5) is 27.3. The topological polar surface area (TPSA) is 80.4 Å². The van der Waals surface area contributed by atoms with E-state index in [-0.39, 0.29) is 12.5 Å². The van der Waals surface area contributed by atoms with E-state index in [1.165, 1.54) is 0 Å². The molecule has 0 bridgehead atoms. The Morgan fingerprint density at radius 1 is 1.26 bits per heavy atom. The van der Waals surface area contributed by atoms with Gasteiger partial charge in [-0.05, 0) is 38.5 Å². The van der Waals surface area contributed by atoms with Gasteiger partial charge in [-0.25, -0.2) is 4.79 Å². The van der Waals surface area contributed by atoms with Crippen molar-refractivity contribution in [2.45, 2.75) is 20.8 Å². The minimum atomic E-state index is -0.464. The third kappa shape index (κ3) is 3.53. The van der Waals surface area contributed by atoms with E-state index in [0.717, 1.165) is 0 Å². The Hall–Kier alpha value is -2.76. The van der Waals surface area contributed by atoms with Crippen LogP contribution in [0.1, 0.15) is 39.0 Å². The molecule has 0 unspecified atom stereocenters. The van der Waals surface area contributed by atoms with Gasteiger partial charge in [0, 0.05) is 17.4 Å². The Morgan fingerprint density at radius 2 is 2.00 bits per heavy atom. The molecule has 23 heavy (non-hydrogen) atoms. The van der Waals surface area contributed by atoms with E-state index < -0.39 is 5.97 Å². The fraction of sp³-hybridized carbons (Fsp3) is 0.294. The predicted octanol–water partition coefficient (Wildman–Crippen LogP) is 3.07. The van der Waals surface area contributed by atoms with Crippen molar-refractivity contribution in [3.8, 4) is 5.75 Å². The smallest absolute Gasteiger partial charge is 0.355 e. The number of aromatic nitrogens is 1. The predicted molar refractivity (Wildman–Crippen MR) is 87.2 cm³/mol. The van der Waals surface area contributed by atoms with Crippen molar-refractivity contribution in [3.05, 3.63) is 46.8 Å². The van der Waals surface area contributed by atoms with Gasteiger partial charge in [0.1, 0.15) is 11.4 Å². The quantitative estimate of drug-likeness (QED) is 0.831. The minimum absolute atomic E-state index is 0.279. The second kappa shape index (κ2) is 7.00. The molecule has 0 fully saturated rings. The first-order valence-corrected chi connectivity index (χ1v) is 7.29. The third-order valence-electron chi connectivity index (χ3n) is 3.47. The summed E-state index contributed by atoms with van der Waals surface area (Å²) in [6.07, 6.45) is 0. The number of ether oxygens (including phenoxy) is 2. The maximum Gasteiger partial charge on any atom is 0.355 e. The number of amides is 1. The number of H-pyrrole nitrogens is 1. The highest BCUT2D eigenvalue weighted by Gasteiger charge is 2.22. The number of carbonyl (C=O) groups excluding carboxylic acids is 2. The van der Waals surface area contributed by atoms with Gasteiger partial charge in [0.25, 0.3) is 5.91 Å². The lowest BCUT2D eigenvalue weighted by Gasteiger charge is -2.08. The zero-order valence-electron chi connectivity index (χ0n) is 13.6. The van der Waals surface area contributed by atoms with Crippen molar-refractivity contribution in [3.63, 3.8) is 0 Å². The second-order valence-corrected chi connectivity index (χ2v) is 5.03. The molecule has 0 aliphatic rings. The molecule has 0 aliphatic heterocycles. The summed E-state index contributed by atoms with van der Waals surface area (Å²) >= 11 is 0. The van der Waals surface area contributed by atoms with E-state index in [2.05, 4.69) is 10.3 Å². The van der Waals surface area contributed by atoms with Gasteiger partial charge in [0.2, 0.25) is 0 Å². The zero-order chi connectivity index (χ0) is 17.0. The van der Waals surface area contributed by atoms with Gasteiger partial charge in [-0.1, -0.05) is 6.07 Å². The highest BCUT2D eigenvalue weighted by atomic mass is 16.5. The molecule has 0 saturated heterocycles. The van der Waals surface area contributed by atoms with E-state index in [0.29, 0.717) is 34.0 Å². The van der Waals surface area contributed by atoms with Gasteiger partial charge in [-0.15, -0.1) is 0 Å². The number of carbonyl (C=O) groups is 2. The summed E-state index contributed by atoms with van der Waals surface area (Å²) in [5, 5.41) is 2.81. The van der Waals surface area contributed by atoms with Crippen LogP contribution in [0.15, 0.2) is 24.3 Å². The van der Waals surface area contributed by atoms with E-state index in [1.807, 2.05) is 0 Å². The molecular formula is C17H20N2O4. The van der Waals surface area contributed by atoms with Crippen LogP contribution in [0.5, 0.6) is 5.75 Å². The monoisotopic (exact) mass is 316 g/mol. The van der Waals surface area contributed by atoms with Crippen LogP contribution in [-0.2, 0) is 4.74 Å². The Labute approximate surface area is 134 Å². The van der Waals surface area contributed by atoms with Crippen molar-refractivity contribution in [1.82, 2.24) is 4.98 Å². The lowest BCUT2D eigenvalue weighted by atomic mass is 10.1. The summed E-state index contributed by atoms with van der Waals surface area (Å²) < 4.78 is 10.1. The Kier molecular flexibility index (Phi) is 5.05. The van der Waals surface area contributed by atoms with Gasteiger partial charge >= 0.3 is 5.97 Å². The maximum atomic E-state index is 12.5. The van der Waals surface area contributed by atoms with Crippen LogP contribution in [0.3, 0.4) is 0 Å². The number of aromatic amines is 1. The Balaban J connectivity index is 2.27. The number of hydrogen-bond acceptors (Lipinski definition) is 4. The SMILES string of the molecule is CCOC(=O)c1[nH]c(C)c(C(=O)Nc2cccc(OC)c2)c1C. The maximum absolute atomic E-state index is 12.5. The van der Waals surface area contributed by atoms with Crippen LogP contribution in [0.4, 0.5) is 5.69 Å². The van der Waals surface area contributed by atoms with Gasteiger partial charge in [0.15, 0.2) is 0 Å². The number of nitrogens with one attached hydrogen (secondary N) is 2. The fourth-order valence-corrected chi connectivity index (χ4v) is 2.39. The summed E-state index contributed by atoms with van der Waals surface area (Å²) in [5.74, 6) is -0.105. The average molecular weight is 316 g/mol. The molecule has 0 saturated carbocycles. The summed E-state index contributed by atoms with van der Waals surface area (Å²) in [5.41, 5.74) is 2.55. The summed E-state index contributed by atoms with van der Waals surface area (Å²) in [6, 6.07) is 7.07. The van der Waals surface area contributed by atoms with E-state index >= 15 is 0 Å². The van der Waals surface area contributed by atoms with E-state index in [9.17, 15) is 9.59 Å². The molecule has 0 aliphatic carbocycles. The lowest BCUT2D eigenvalue weighted by Crippen LogP contribution is -2.14. The summed E-state index contributed by atoms with van der Waals surface area (Å²) in [7, 11) is 1.56. The van der Waals surface area contributed by atoms with Crippen molar-refractivity contribution < 1.29 is 19.1 Å². The molecule has 1 aromatic heterocycles. The number of rotatable bonds is 5. The van der Waals surface area contributed by atoms with Gasteiger partial charge in [0.05, 0.1) is 19.3 Å². The minimum Gasteiger partial charge on any atom is -0.497 e. The zero-order valence-corrected chi connectivity index (χ0v) is 13.6. The molecule has 2 rings (SSSR count). The molecule has 2 aromatic rings. The summed E-state index contributed by atoms with van der Waals surface area (Å²) in [6.45, 7) is 5.48. The third-order valence-corrected chi connectivity index (χ3v) is 3.47. The first kappa shape index (κ1) is 16.6. The number of esters is 1. The molecule has 6 heteroatoms. The van der Waals surface area contributed by atoms with E-state index in [4.69, 9.17) is 9.47 Å². The lowest BCUT2D eigenvalue weighted by molar-refractivity contribution is 0.0519. The van der Waals surface area contributed by atoms with E-state index in [1.54, 1.807) is 52.1 Å². The average Bonchev–Trinajstić information content (AvgIpc) is 2.82. The van der Waals surface area contributed by atoms with Crippen molar-refractivity contribution in [1.29, 1.82) is 0 Å². The van der Waals surface area contributed by atoms with Crippen LogP contribution in [0, 0.1) is 13.8 Å². The van der Waals surface area contributed by atoms with Gasteiger partial charge in [-0.2, -0.15) is 0 Å². The Morgan fingerprint density at radius 3 is 2.65 bits per heavy atom. The molecule has 0 radical (unpaired) electrons. The molecular weight excluding hydrogens is 296 g/mol. The van der Waals surface area contributed by atoms with Crippen LogP contribution < -0.4 is 10.1 Å². The highest BCUT2D eigenvalue weighted by molar-refractivity contribution is 6.08. The Bertz CT molecular complexity index is 734. The normalized spacial score (nSPS) is 10.3. The molecule has 1 amide bonds. The second-order valence-electron chi connectivity index (χ2n) is 5.03. The number of methoxy groups -OCH3 is 1. The van der Waals surface area contributed by atoms with Gasteiger partial charge in [-0.3, -0.25) is 4.79 Å². The largest absolute Gasteiger partial charge is 0.497 e. The molecule has 1 heterocycles. The number of hydrogen-bond donors (Lipinski definition) is 2. The standard InChI is InChI=1S/C17H20N2O4/c1-5-23-17(21)15-10(2)14(11(3)18-15)16(20)19-12-7-6-8-13(9-12)22-4/h6-9,18H,5H2,1-4H3,(H,19,20). The highest BCUT2D eigenvalue weighted by Crippen LogP contribution is 2.22. The number of aryl methyl sites for hydroxylation is 1. The van der Waals surface area contributed by atoms with Crippen LogP contribution in [-0.4, -0.2) is 30.6 Å². The van der Waals surface area contributed by atoms with Crippen molar-refractivity contribution in [2.75, 3.05) is 19.0 Å². The molecule has 2 N–H and O–H groups in total. The van der Waals surface area contributed by atoms with Crippen molar-refractivity contribution >= 4 is 17.6 Å².